The van der Waals surface area contributed by atoms with E-state index in [4.69, 9.17) is 4.74 Å². The standard InChI is InChI=1S/C22H13F21O3/c1-45-11-5-2-10(3-6-11)4-7-12(44)46-22(42,43)21(40,41)20(38,39)19(36,37)18(34,35)17(32,33)16(30,31)15(28,29)13(23,24)8-9-14(25,26)27/h2-7H,8-9H2,1H3. The molecule has 0 heterocycles. The summed E-state index contributed by atoms with van der Waals surface area (Å²) in [7, 11) is 1.16. The van der Waals surface area contributed by atoms with Crippen LogP contribution >= 0.6 is 0 Å². The smallest absolute Gasteiger partial charge is 0.473 e. The van der Waals surface area contributed by atoms with E-state index in [2.05, 4.69) is 4.74 Å². The van der Waals surface area contributed by atoms with Crippen LogP contribution in [0.15, 0.2) is 30.3 Å². The van der Waals surface area contributed by atoms with Gasteiger partial charge < -0.3 is 9.47 Å². The van der Waals surface area contributed by atoms with Gasteiger partial charge >= 0.3 is 65.6 Å². The van der Waals surface area contributed by atoms with E-state index in [1.807, 2.05) is 0 Å². The van der Waals surface area contributed by atoms with E-state index in [0.29, 0.717) is 6.08 Å². The Morgan fingerprint density at radius 2 is 0.935 bits per heavy atom. The lowest BCUT2D eigenvalue weighted by Crippen LogP contribution is -2.76. The van der Waals surface area contributed by atoms with E-state index < -0.39 is 78.5 Å². The number of ether oxygens (including phenoxy) is 2. The molecule has 24 heteroatoms. The quantitative estimate of drug-likeness (QED) is 0.109. The van der Waals surface area contributed by atoms with Crippen LogP contribution in [0.4, 0.5) is 92.2 Å². The summed E-state index contributed by atoms with van der Waals surface area (Å²) in [6.45, 7) is 0. The predicted molar refractivity (Wildman–Crippen MR) is 108 cm³/mol. The van der Waals surface area contributed by atoms with Crippen molar-refractivity contribution in [3.8, 4) is 5.75 Å². The number of alkyl halides is 21. The van der Waals surface area contributed by atoms with Gasteiger partial charge in [-0.2, -0.15) is 92.2 Å². The predicted octanol–water partition coefficient (Wildman–Crippen LogP) is 9.27. The second-order valence-electron chi connectivity index (χ2n) is 8.88. The molecule has 0 saturated heterocycles. The summed E-state index contributed by atoms with van der Waals surface area (Å²) in [5, 5.41) is 0. The maximum absolute atomic E-state index is 13.9. The molecular formula is C22H13F21O3. The maximum Gasteiger partial charge on any atom is 0.473 e. The van der Waals surface area contributed by atoms with Crippen LogP contribution in [0.2, 0.25) is 0 Å². The largest absolute Gasteiger partial charge is 0.497 e. The molecular weight excluding hydrogens is 711 g/mol. The number of rotatable bonds is 14. The molecule has 0 atom stereocenters. The van der Waals surface area contributed by atoms with Gasteiger partial charge in [-0.3, -0.25) is 0 Å². The van der Waals surface area contributed by atoms with E-state index in [1.165, 1.54) is 0 Å². The highest BCUT2D eigenvalue weighted by Crippen LogP contribution is 2.65. The molecule has 0 unspecified atom stereocenters. The van der Waals surface area contributed by atoms with Crippen LogP contribution in [0, 0.1) is 0 Å². The van der Waals surface area contributed by atoms with Crippen molar-refractivity contribution in [2.75, 3.05) is 7.11 Å². The molecule has 0 radical (unpaired) electrons. The van der Waals surface area contributed by atoms with Crippen molar-refractivity contribution in [3.63, 3.8) is 0 Å². The molecule has 0 spiro atoms. The Balaban J connectivity index is 3.51. The lowest BCUT2D eigenvalue weighted by Gasteiger charge is -2.44. The first-order valence-electron chi connectivity index (χ1n) is 11.1. The molecule has 0 N–H and O–H groups in total. The van der Waals surface area contributed by atoms with Crippen molar-refractivity contribution in [1.82, 2.24) is 0 Å². The Hall–Kier alpha value is -3.24. The molecule has 266 valence electrons. The molecule has 0 aliphatic carbocycles. The lowest BCUT2D eigenvalue weighted by molar-refractivity contribution is -0.474. The second-order valence-corrected chi connectivity index (χ2v) is 8.88. The number of benzene rings is 1. The molecule has 0 amide bonds. The summed E-state index contributed by atoms with van der Waals surface area (Å²) in [5.74, 6) is -71.3. The van der Waals surface area contributed by atoms with Gasteiger partial charge in [-0.25, -0.2) is 4.79 Å². The number of methoxy groups -OCH3 is 1. The number of hydrogen-bond acceptors (Lipinski definition) is 3. The molecule has 0 aliphatic heterocycles. The van der Waals surface area contributed by atoms with Crippen LogP contribution in [0.3, 0.4) is 0 Å². The molecule has 1 aromatic rings. The Bertz CT molecular complexity index is 1250. The zero-order valence-corrected chi connectivity index (χ0v) is 21.5. The number of carbonyl (C=O) groups excluding carboxylic acids is 1. The summed E-state index contributed by atoms with van der Waals surface area (Å²) < 4.78 is 291. The summed E-state index contributed by atoms with van der Waals surface area (Å²) in [5.41, 5.74) is -0.201. The zero-order valence-electron chi connectivity index (χ0n) is 21.5. The molecule has 46 heavy (non-hydrogen) atoms. The SMILES string of the molecule is COc1ccc(C=CC(=O)OC(F)(F)C(F)(F)C(F)(F)C(F)(F)C(F)(F)C(F)(F)C(F)(F)C(F)(F)C(F)(F)CCC(F)(F)F)cc1. The van der Waals surface area contributed by atoms with Gasteiger partial charge in [0.2, 0.25) is 0 Å². The van der Waals surface area contributed by atoms with Gasteiger partial charge in [0.15, 0.2) is 0 Å². The average Bonchev–Trinajstić information content (AvgIpc) is 2.89. The Morgan fingerprint density at radius 1 is 0.565 bits per heavy atom. The van der Waals surface area contributed by atoms with E-state index in [1.54, 1.807) is 0 Å². The molecule has 1 rings (SSSR count). The molecule has 0 fully saturated rings. The molecule has 0 saturated carbocycles. The molecule has 0 aliphatic rings. The van der Waals surface area contributed by atoms with Crippen molar-refractivity contribution in [2.45, 2.75) is 72.5 Å². The van der Waals surface area contributed by atoms with Gasteiger partial charge in [0.1, 0.15) is 5.75 Å². The van der Waals surface area contributed by atoms with Crippen LogP contribution in [0.1, 0.15) is 18.4 Å². The van der Waals surface area contributed by atoms with Crippen molar-refractivity contribution in [2.24, 2.45) is 0 Å². The number of carbonyl (C=O) groups is 1. The Labute approximate surface area is 240 Å². The second kappa shape index (κ2) is 12.1. The van der Waals surface area contributed by atoms with Crippen LogP contribution in [-0.4, -0.2) is 72.7 Å². The normalized spacial score (nSPS) is 15.3. The van der Waals surface area contributed by atoms with Gasteiger partial charge in [-0.05, 0) is 23.8 Å². The fourth-order valence-electron chi connectivity index (χ4n) is 2.96. The molecule has 0 bridgehead atoms. The van der Waals surface area contributed by atoms with Crippen LogP contribution in [0.25, 0.3) is 6.08 Å². The average molecular weight is 724 g/mol. The van der Waals surface area contributed by atoms with Crippen LogP contribution in [-0.2, 0) is 9.53 Å². The number of halogens is 21. The summed E-state index contributed by atoms with van der Waals surface area (Å²) >= 11 is 0. The van der Waals surface area contributed by atoms with Crippen molar-refractivity contribution >= 4 is 12.0 Å². The van der Waals surface area contributed by atoms with Crippen LogP contribution < -0.4 is 4.74 Å². The minimum absolute atomic E-state index is 0.132. The first-order chi connectivity index (χ1) is 20.1. The highest BCUT2D eigenvalue weighted by Gasteiger charge is 2.96. The Kier molecular flexibility index (Phi) is 10.7. The maximum atomic E-state index is 13.9. The summed E-state index contributed by atoms with van der Waals surface area (Å²) in [4.78, 5) is 11.4. The Morgan fingerprint density at radius 3 is 1.30 bits per heavy atom. The minimum atomic E-state index is -9.13. The molecule has 3 nitrogen and oxygen atoms in total. The van der Waals surface area contributed by atoms with Gasteiger partial charge in [0, 0.05) is 18.9 Å². The van der Waals surface area contributed by atoms with E-state index >= 15 is 0 Å². The van der Waals surface area contributed by atoms with E-state index in [0.717, 1.165) is 31.4 Å². The third-order valence-electron chi connectivity index (χ3n) is 5.67. The third kappa shape index (κ3) is 6.74. The van der Waals surface area contributed by atoms with E-state index in [-0.39, 0.29) is 17.4 Å². The fraction of sp³-hybridized carbons (Fsp3) is 0.591. The summed E-state index contributed by atoms with van der Waals surface area (Å²) in [6.07, 6.45) is -20.2. The van der Waals surface area contributed by atoms with Gasteiger partial charge in [-0.15, -0.1) is 0 Å². The zero-order chi connectivity index (χ0) is 36.8. The topological polar surface area (TPSA) is 35.5 Å². The highest BCUT2D eigenvalue weighted by molar-refractivity contribution is 5.87. The van der Waals surface area contributed by atoms with Gasteiger partial charge in [-0.1, -0.05) is 12.1 Å². The van der Waals surface area contributed by atoms with Gasteiger partial charge in [0.05, 0.1) is 7.11 Å². The molecule has 1 aromatic carbocycles. The summed E-state index contributed by atoms with van der Waals surface area (Å²) in [6, 6.07) is 4.26. The monoisotopic (exact) mass is 724 g/mol. The number of hydrogen-bond donors (Lipinski definition) is 0. The fourth-order valence-corrected chi connectivity index (χ4v) is 2.96. The lowest BCUT2D eigenvalue weighted by atomic mass is 9.86. The minimum Gasteiger partial charge on any atom is -0.497 e. The first-order valence-corrected chi connectivity index (χ1v) is 11.1. The highest BCUT2D eigenvalue weighted by atomic mass is 19.4. The first kappa shape index (κ1) is 40.8. The van der Waals surface area contributed by atoms with Crippen molar-refractivity contribution in [1.29, 1.82) is 0 Å². The van der Waals surface area contributed by atoms with Gasteiger partial charge in [0.25, 0.3) is 0 Å². The molecule has 0 aromatic heterocycles. The van der Waals surface area contributed by atoms with Crippen molar-refractivity contribution < 1.29 is 106 Å². The van der Waals surface area contributed by atoms with Crippen LogP contribution in [0.5, 0.6) is 5.75 Å². The third-order valence-corrected chi connectivity index (χ3v) is 5.67. The van der Waals surface area contributed by atoms with Crippen molar-refractivity contribution in [3.05, 3.63) is 35.9 Å². The number of esters is 1. The van der Waals surface area contributed by atoms with E-state index in [9.17, 15) is 97.0 Å².